The van der Waals surface area contributed by atoms with E-state index in [4.69, 9.17) is 4.74 Å². The highest BCUT2D eigenvalue weighted by atomic mass is 32.2. The van der Waals surface area contributed by atoms with Crippen LogP contribution in [0.15, 0.2) is 34.2 Å². The molecule has 0 saturated carbocycles. The Balaban J connectivity index is 2.02. The van der Waals surface area contributed by atoms with Crippen molar-refractivity contribution in [3.05, 3.63) is 45.9 Å². The van der Waals surface area contributed by atoms with Crippen molar-refractivity contribution in [1.29, 1.82) is 0 Å². The molecule has 1 amide bonds. The fourth-order valence-electron chi connectivity index (χ4n) is 1.97. The van der Waals surface area contributed by atoms with Gasteiger partial charge >= 0.3 is 0 Å². The molecule has 1 aromatic carbocycles. The number of thioether (sulfide) groups is 1. The van der Waals surface area contributed by atoms with Crippen LogP contribution < -0.4 is 15.6 Å². The Morgan fingerprint density at radius 2 is 2.17 bits per heavy atom. The Bertz CT molecular complexity index is 758. The third-order valence-corrected chi connectivity index (χ3v) is 3.98. The SMILES string of the molecule is CCc1cc(=O)[nH]c(SCC(=O)Nc2cc(C)ccc2OC)n1. The van der Waals surface area contributed by atoms with Crippen molar-refractivity contribution in [3.8, 4) is 5.75 Å². The van der Waals surface area contributed by atoms with Crippen molar-refractivity contribution in [2.45, 2.75) is 25.4 Å². The predicted octanol–water partition coefficient (Wildman–Crippen LogP) is 2.38. The zero-order valence-electron chi connectivity index (χ0n) is 13.3. The lowest BCUT2D eigenvalue weighted by Crippen LogP contribution is -2.16. The number of rotatable bonds is 6. The summed E-state index contributed by atoms with van der Waals surface area (Å²) in [6.07, 6.45) is 0.671. The van der Waals surface area contributed by atoms with Crippen molar-refractivity contribution >= 4 is 23.4 Å². The average molecular weight is 333 g/mol. The maximum Gasteiger partial charge on any atom is 0.251 e. The highest BCUT2D eigenvalue weighted by molar-refractivity contribution is 7.99. The number of carbonyl (C=O) groups is 1. The first-order chi connectivity index (χ1) is 11.0. The van der Waals surface area contributed by atoms with E-state index in [0.29, 0.717) is 28.7 Å². The smallest absolute Gasteiger partial charge is 0.251 e. The number of aromatic nitrogens is 2. The summed E-state index contributed by atoms with van der Waals surface area (Å²) in [5.41, 5.74) is 2.15. The monoisotopic (exact) mass is 333 g/mol. The molecule has 0 radical (unpaired) electrons. The molecule has 0 spiro atoms. The molecule has 0 saturated heterocycles. The van der Waals surface area contributed by atoms with Gasteiger partial charge in [0.1, 0.15) is 5.75 Å². The lowest BCUT2D eigenvalue weighted by atomic mass is 10.2. The van der Waals surface area contributed by atoms with E-state index >= 15 is 0 Å². The number of aryl methyl sites for hydroxylation is 2. The highest BCUT2D eigenvalue weighted by Crippen LogP contribution is 2.25. The zero-order chi connectivity index (χ0) is 16.8. The number of aromatic amines is 1. The van der Waals surface area contributed by atoms with Crippen molar-refractivity contribution in [2.24, 2.45) is 0 Å². The summed E-state index contributed by atoms with van der Waals surface area (Å²) in [5, 5.41) is 3.26. The molecule has 0 fully saturated rings. The average Bonchev–Trinajstić information content (AvgIpc) is 2.52. The fourth-order valence-corrected chi connectivity index (χ4v) is 2.67. The van der Waals surface area contributed by atoms with E-state index in [1.54, 1.807) is 7.11 Å². The molecule has 2 rings (SSSR count). The molecule has 23 heavy (non-hydrogen) atoms. The van der Waals surface area contributed by atoms with Gasteiger partial charge in [-0.2, -0.15) is 0 Å². The first-order valence-electron chi connectivity index (χ1n) is 7.19. The molecule has 7 heteroatoms. The summed E-state index contributed by atoms with van der Waals surface area (Å²) in [7, 11) is 1.56. The van der Waals surface area contributed by atoms with Gasteiger partial charge in [-0.05, 0) is 31.0 Å². The van der Waals surface area contributed by atoms with Crippen molar-refractivity contribution in [3.63, 3.8) is 0 Å². The number of nitrogens with one attached hydrogen (secondary N) is 2. The molecule has 0 aliphatic rings. The number of nitrogens with zero attached hydrogens (tertiary/aromatic N) is 1. The molecule has 0 aliphatic carbocycles. The largest absolute Gasteiger partial charge is 0.495 e. The van der Waals surface area contributed by atoms with Crippen molar-refractivity contribution in [2.75, 3.05) is 18.2 Å². The Labute approximate surface area is 138 Å². The van der Waals surface area contributed by atoms with E-state index in [0.717, 1.165) is 5.56 Å². The summed E-state index contributed by atoms with van der Waals surface area (Å²) < 4.78 is 5.23. The molecule has 0 bridgehead atoms. The van der Waals surface area contributed by atoms with Gasteiger partial charge in [-0.3, -0.25) is 9.59 Å². The second kappa shape index (κ2) is 7.82. The molecular weight excluding hydrogens is 314 g/mol. The second-order valence-electron chi connectivity index (χ2n) is 4.94. The fraction of sp³-hybridized carbons (Fsp3) is 0.312. The van der Waals surface area contributed by atoms with Crippen molar-refractivity contribution in [1.82, 2.24) is 9.97 Å². The Kier molecular flexibility index (Phi) is 5.81. The third kappa shape index (κ3) is 4.85. The minimum Gasteiger partial charge on any atom is -0.495 e. The van der Waals surface area contributed by atoms with Crippen LogP contribution in [-0.2, 0) is 11.2 Å². The normalized spacial score (nSPS) is 10.4. The number of H-pyrrole nitrogens is 1. The van der Waals surface area contributed by atoms with Gasteiger partial charge in [0.05, 0.1) is 18.6 Å². The molecular formula is C16H19N3O3S. The van der Waals surface area contributed by atoms with Crippen LogP contribution in [0, 0.1) is 6.92 Å². The number of amides is 1. The Morgan fingerprint density at radius 3 is 2.87 bits per heavy atom. The van der Waals surface area contributed by atoms with Crippen LogP contribution in [0.5, 0.6) is 5.75 Å². The zero-order valence-corrected chi connectivity index (χ0v) is 14.1. The van der Waals surface area contributed by atoms with Crippen LogP contribution in [0.3, 0.4) is 0 Å². The molecule has 0 aliphatic heterocycles. The van der Waals surface area contributed by atoms with Crippen LogP contribution in [-0.4, -0.2) is 28.7 Å². The number of carbonyl (C=O) groups excluding carboxylic acids is 1. The van der Waals surface area contributed by atoms with E-state index in [1.807, 2.05) is 32.0 Å². The number of ether oxygens (including phenoxy) is 1. The number of hydrogen-bond donors (Lipinski definition) is 2. The van der Waals surface area contributed by atoms with Gasteiger partial charge in [-0.15, -0.1) is 0 Å². The topological polar surface area (TPSA) is 84.1 Å². The van der Waals surface area contributed by atoms with Gasteiger partial charge < -0.3 is 15.0 Å². The summed E-state index contributed by atoms with van der Waals surface area (Å²) in [4.78, 5) is 30.5. The molecule has 6 nitrogen and oxygen atoms in total. The van der Waals surface area contributed by atoms with E-state index < -0.39 is 0 Å². The number of anilines is 1. The summed E-state index contributed by atoms with van der Waals surface area (Å²) in [5.74, 6) is 0.560. The van der Waals surface area contributed by atoms with Crippen LogP contribution in [0.1, 0.15) is 18.2 Å². The van der Waals surface area contributed by atoms with Gasteiger partial charge in [0.2, 0.25) is 5.91 Å². The lowest BCUT2D eigenvalue weighted by molar-refractivity contribution is -0.113. The molecule has 0 atom stereocenters. The first kappa shape index (κ1) is 17.1. The molecule has 122 valence electrons. The second-order valence-corrected chi connectivity index (χ2v) is 5.90. The number of hydrogen-bond acceptors (Lipinski definition) is 5. The summed E-state index contributed by atoms with van der Waals surface area (Å²) in [6.45, 7) is 3.86. The minimum atomic E-state index is -0.208. The van der Waals surface area contributed by atoms with E-state index in [-0.39, 0.29) is 17.2 Å². The van der Waals surface area contributed by atoms with Crippen LogP contribution in [0.2, 0.25) is 0 Å². The Morgan fingerprint density at radius 1 is 1.39 bits per heavy atom. The van der Waals surface area contributed by atoms with Crippen LogP contribution in [0.25, 0.3) is 0 Å². The van der Waals surface area contributed by atoms with Gasteiger partial charge in [-0.1, -0.05) is 24.8 Å². The maximum absolute atomic E-state index is 12.1. The van der Waals surface area contributed by atoms with E-state index in [2.05, 4.69) is 15.3 Å². The van der Waals surface area contributed by atoms with Gasteiger partial charge in [0, 0.05) is 11.8 Å². The van der Waals surface area contributed by atoms with Gasteiger partial charge in [0.25, 0.3) is 5.56 Å². The van der Waals surface area contributed by atoms with E-state index in [1.165, 1.54) is 17.8 Å². The first-order valence-corrected chi connectivity index (χ1v) is 8.18. The highest BCUT2D eigenvalue weighted by Gasteiger charge is 2.10. The Hall–Kier alpha value is -2.28. The number of methoxy groups -OCH3 is 1. The maximum atomic E-state index is 12.1. The molecule has 1 aromatic heterocycles. The van der Waals surface area contributed by atoms with Crippen LogP contribution in [0.4, 0.5) is 5.69 Å². The third-order valence-electron chi connectivity index (χ3n) is 3.10. The standard InChI is InChI=1S/C16H19N3O3S/c1-4-11-8-14(20)19-16(17-11)23-9-15(21)18-12-7-10(2)5-6-13(12)22-3/h5-8H,4,9H2,1-3H3,(H,18,21)(H,17,19,20). The quantitative estimate of drug-likeness (QED) is 0.626. The number of benzene rings is 1. The van der Waals surface area contributed by atoms with Crippen molar-refractivity contribution < 1.29 is 9.53 Å². The summed E-state index contributed by atoms with van der Waals surface area (Å²) >= 11 is 1.19. The van der Waals surface area contributed by atoms with Gasteiger partial charge in [-0.25, -0.2) is 4.98 Å². The molecule has 2 aromatic rings. The lowest BCUT2D eigenvalue weighted by Gasteiger charge is -2.10. The molecule has 2 N–H and O–H groups in total. The molecule has 1 heterocycles. The molecule has 0 unspecified atom stereocenters. The summed E-state index contributed by atoms with van der Waals surface area (Å²) in [6, 6.07) is 7.02. The predicted molar refractivity (Wildman–Crippen MR) is 91.3 cm³/mol. The van der Waals surface area contributed by atoms with E-state index in [9.17, 15) is 9.59 Å². The van der Waals surface area contributed by atoms with Crippen LogP contribution >= 0.6 is 11.8 Å². The van der Waals surface area contributed by atoms with Gasteiger partial charge in [0.15, 0.2) is 5.16 Å². The minimum absolute atomic E-state index is 0.146.